The zero-order chi connectivity index (χ0) is 29.9. The molecule has 40 heavy (non-hydrogen) atoms. The number of hydrogen-bond donors (Lipinski definition) is 2. The van der Waals surface area contributed by atoms with Gasteiger partial charge >= 0.3 is 11.9 Å². The van der Waals surface area contributed by atoms with Gasteiger partial charge in [0, 0.05) is 5.92 Å². The summed E-state index contributed by atoms with van der Waals surface area (Å²) >= 11 is 0. The molecule has 1 amide bonds. The van der Waals surface area contributed by atoms with Crippen LogP contribution in [-0.4, -0.2) is 46.8 Å². The number of ether oxygens (including phenoxy) is 2. The van der Waals surface area contributed by atoms with E-state index in [9.17, 15) is 19.5 Å². The second-order valence-corrected chi connectivity index (χ2v) is 12.4. The van der Waals surface area contributed by atoms with Crippen molar-refractivity contribution in [2.75, 3.05) is 6.54 Å². The minimum Gasteiger partial charge on any atom is -0.460 e. The van der Waals surface area contributed by atoms with Crippen LogP contribution in [0, 0.1) is 11.8 Å². The molecule has 0 radical (unpaired) electrons. The third kappa shape index (κ3) is 11.9. The Bertz CT molecular complexity index is 1080. The number of nitrogens with one attached hydrogen (secondary N) is 1. The number of esters is 2. The quantitative estimate of drug-likeness (QED) is 0.301. The van der Waals surface area contributed by atoms with Gasteiger partial charge in [-0.25, -0.2) is 4.79 Å². The van der Waals surface area contributed by atoms with Crippen molar-refractivity contribution in [2.24, 2.45) is 11.8 Å². The van der Waals surface area contributed by atoms with Crippen molar-refractivity contribution in [3.63, 3.8) is 0 Å². The van der Waals surface area contributed by atoms with E-state index in [0.717, 1.165) is 29.5 Å². The number of hydrogen-bond acceptors (Lipinski definition) is 6. The van der Waals surface area contributed by atoms with E-state index in [1.54, 1.807) is 20.8 Å². The standard InChI is InChI=1S/C33H47NO6/c1-8-9-13-26(30(37)39-32(2,3)4)21-27(29(36)34-22-28(35)31(38)40-33(5,6)7)20-23-16-18-25(19-17-23)24-14-11-10-12-15-24/h10-12,14-19,26-28,35H,8-9,13,20-22H2,1-7H3,(H,34,36)/t26-,27+,28?/m0/s1. The second kappa shape index (κ2) is 15.0. The first kappa shape index (κ1) is 33.0. The second-order valence-electron chi connectivity index (χ2n) is 12.4. The fourth-order valence-corrected chi connectivity index (χ4v) is 4.34. The van der Waals surface area contributed by atoms with Gasteiger partial charge < -0.3 is 19.9 Å². The Morgan fingerprint density at radius 1 is 0.800 bits per heavy atom. The molecule has 0 aliphatic rings. The maximum atomic E-state index is 13.4. The number of aliphatic hydroxyl groups is 1. The molecule has 2 aromatic carbocycles. The molecule has 0 aromatic heterocycles. The highest BCUT2D eigenvalue weighted by atomic mass is 16.6. The lowest BCUT2D eigenvalue weighted by Gasteiger charge is -2.27. The van der Waals surface area contributed by atoms with Gasteiger partial charge in [0.1, 0.15) is 11.2 Å². The summed E-state index contributed by atoms with van der Waals surface area (Å²) in [5.41, 5.74) is 1.73. The summed E-state index contributed by atoms with van der Waals surface area (Å²) in [7, 11) is 0. The predicted octanol–water partition coefficient (Wildman–Crippen LogP) is 5.87. The molecular weight excluding hydrogens is 506 g/mol. The molecule has 0 aliphatic heterocycles. The normalized spacial score (nSPS) is 14.1. The van der Waals surface area contributed by atoms with E-state index in [1.165, 1.54) is 0 Å². The van der Waals surface area contributed by atoms with Gasteiger partial charge in [0.05, 0.1) is 12.5 Å². The molecule has 2 aromatic rings. The van der Waals surface area contributed by atoms with Gasteiger partial charge in [-0.1, -0.05) is 74.4 Å². The molecular formula is C33H47NO6. The van der Waals surface area contributed by atoms with E-state index in [-0.39, 0.29) is 18.4 Å². The third-order valence-electron chi connectivity index (χ3n) is 6.28. The van der Waals surface area contributed by atoms with Crippen LogP contribution in [0.15, 0.2) is 54.6 Å². The molecule has 7 heteroatoms. The Morgan fingerprint density at radius 3 is 1.90 bits per heavy atom. The van der Waals surface area contributed by atoms with Gasteiger partial charge in [0.25, 0.3) is 0 Å². The zero-order valence-electron chi connectivity index (χ0n) is 25.2. The predicted molar refractivity (Wildman–Crippen MR) is 157 cm³/mol. The van der Waals surface area contributed by atoms with Gasteiger partial charge in [-0.05, 0) is 77.5 Å². The average Bonchev–Trinajstić information content (AvgIpc) is 2.87. The molecule has 0 bridgehead atoms. The molecule has 1 unspecified atom stereocenters. The zero-order valence-corrected chi connectivity index (χ0v) is 25.2. The summed E-state index contributed by atoms with van der Waals surface area (Å²) in [4.78, 5) is 38.8. The first-order valence-electron chi connectivity index (χ1n) is 14.2. The van der Waals surface area contributed by atoms with Gasteiger partial charge in [-0.15, -0.1) is 0 Å². The van der Waals surface area contributed by atoms with Gasteiger partial charge in [0.2, 0.25) is 5.91 Å². The summed E-state index contributed by atoms with van der Waals surface area (Å²) in [5.74, 6) is -2.46. The van der Waals surface area contributed by atoms with Crippen molar-refractivity contribution >= 4 is 17.8 Å². The number of benzene rings is 2. The molecule has 220 valence electrons. The minimum atomic E-state index is -1.49. The maximum Gasteiger partial charge on any atom is 0.337 e. The number of rotatable bonds is 13. The smallest absolute Gasteiger partial charge is 0.337 e. The minimum absolute atomic E-state index is 0.275. The number of amides is 1. The summed E-state index contributed by atoms with van der Waals surface area (Å²) < 4.78 is 10.9. The van der Waals surface area contributed by atoms with Crippen LogP contribution in [0.25, 0.3) is 11.1 Å². The summed E-state index contributed by atoms with van der Waals surface area (Å²) in [5, 5.41) is 13.0. The number of unbranched alkanes of at least 4 members (excludes halogenated alkanes) is 1. The highest BCUT2D eigenvalue weighted by Gasteiger charge is 2.31. The van der Waals surface area contributed by atoms with Crippen LogP contribution < -0.4 is 5.32 Å². The van der Waals surface area contributed by atoms with Crippen molar-refractivity contribution < 1.29 is 29.0 Å². The first-order valence-corrected chi connectivity index (χ1v) is 14.2. The van der Waals surface area contributed by atoms with Crippen LogP contribution in [0.5, 0.6) is 0 Å². The molecule has 2 rings (SSSR count). The van der Waals surface area contributed by atoms with E-state index in [0.29, 0.717) is 19.3 Å². The van der Waals surface area contributed by atoms with Gasteiger partial charge in [0.15, 0.2) is 6.10 Å². The summed E-state index contributed by atoms with van der Waals surface area (Å²) in [6.45, 7) is 12.4. The van der Waals surface area contributed by atoms with Crippen LogP contribution in [0.1, 0.15) is 79.7 Å². The Hall–Kier alpha value is -3.19. The Labute approximate surface area is 239 Å². The number of carbonyl (C=O) groups excluding carboxylic acids is 3. The molecule has 0 spiro atoms. The SMILES string of the molecule is CCCC[C@@H](C[C@@H](Cc1ccc(-c2ccccc2)cc1)C(=O)NCC(O)C(=O)OC(C)(C)C)C(=O)OC(C)(C)C. The van der Waals surface area contributed by atoms with Crippen molar-refractivity contribution in [1.29, 1.82) is 0 Å². The van der Waals surface area contributed by atoms with E-state index < -0.39 is 35.1 Å². The largest absolute Gasteiger partial charge is 0.460 e. The topological polar surface area (TPSA) is 102 Å². The van der Waals surface area contributed by atoms with E-state index in [4.69, 9.17) is 9.47 Å². The van der Waals surface area contributed by atoms with Crippen LogP contribution in [-0.2, 0) is 30.3 Å². The average molecular weight is 554 g/mol. The monoisotopic (exact) mass is 553 g/mol. The molecule has 3 atom stereocenters. The lowest BCUT2D eigenvalue weighted by atomic mass is 9.85. The fourth-order valence-electron chi connectivity index (χ4n) is 4.34. The molecule has 2 N–H and O–H groups in total. The Kier molecular flexibility index (Phi) is 12.4. The van der Waals surface area contributed by atoms with Crippen molar-refractivity contribution in [3.8, 4) is 11.1 Å². The van der Waals surface area contributed by atoms with E-state index in [1.807, 2.05) is 75.4 Å². The van der Waals surface area contributed by atoms with Crippen molar-refractivity contribution in [1.82, 2.24) is 5.32 Å². The van der Waals surface area contributed by atoms with Crippen LogP contribution in [0.2, 0.25) is 0 Å². The Balaban J connectivity index is 2.23. The van der Waals surface area contributed by atoms with Gasteiger partial charge in [-0.2, -0.15) is 0 Å². The molecule has 0 heterocycles. The molecule has 0 saturated carbocycles. The summed E-state index contributed by atoms with van der Waals surface area (Å²) in [6, 6.07) is 18.1. The Morgan fingerprint density at radius 2 is 1.35 bits per heavy atom. The highest BCUT2D eigenvalue weighted by Crippen LogP contribution is 2.27. The molecule has 0 saturated heterocycles. The van der Waals surface area contributed by atoms with Crippen LogP contribution in [0.3, 0.4) is 0 Å². The van der Waals surface area contributed by atoms with Crippen LogP contribution in [0.4, 0.5) is 0 Å². The molecule has 7 nitrogen and oxygen atoms in total. The lowest BCUT2D eigenvalue weighted by Crippen LogP contribution is -2.43. The highest BCUT2D eigenvalue weighted by molar-refractivity contribution is 5.82. The number of aliphatic hydroxyl groups excluding tert-OH is 1. The van der Waals surface area contributed by atoms with E-state index >= 15 is 0 Å². The first-order chi connectivity index (χ1) is 18.7. The summed E-state index contributed by atoms with van der Waals surface area (Å²) in [6.07, 6.45) is 1.57. The molecule has 0 aliphatic carbocycles. The maximum absolute atomic E-state index is 13.4. The van der Waals surface area contributed by atoms with Gasteiger partial charge in [-0.3, -0.25) is 9.59 Å². The number of carbonyl (C=O) groups is 3. The third-order valence-corrected chi connectivity index (χ3v) is 6.28. The lowest BCUT2D eigenvalue weighted by molar-refractivity contribution is -0.164. The van der Waals surface area contributed by atoms with Crippen molar-refractivity contribution in [2.45, 2.75) is 97.9 Å². The van der Waals surface area contributed by atoms with Crippen molar-refractivity contribution in [3.05, 3.63) is 60.2 Å². The van der Waals surface area contributed by atoms with Crippen LogP contribution >= 0.6 is 0 Å². The van der Waals surface area contributed by atoms with E-state index in [2.05, 4.69) is 12.2 Å². The fraction of sp³-hybridized carbons (Fsp3) is 0.545. The molecule has 0 fully saturated rings.